The first-order valence-corrected chi connectivity index (χ1v) is 6.21. The molecule has 1 amide bonds. The summed E-state index contributed by atoms with van der Waals surface area (Å²) in [5, 5.41) is 6.46. The SMILES string of the molecule is CC1(CNC(=O)c2ccc(Cl)o2)CCNCC1.Cl. The molecular weight excluding hydrogens is 275 g/mol. The van der Waals surface area contributed by atoms with Crippen LogP contribution >= 0.6 is 24.0 Å². The molecular formula is C12H18Cl2N2O2. The summed E-state index contributed by atoms with van der Waals surface area (Å²) in [6.45, 7) is 4.90. The van der Waals surface area contributed by atoms with Gasteiger partial charge in [0.25, 0.3) is 5.91 Å². The zero-order valence-electron chi connectivity index (χ0n) is 10.3. The lowest BCUT2D eigenvalue weighted by atomic mass is 9.81. The Morgan fingerprint density at radius 1 is 1.50 bits per heavy atom. The van der Waals surface area contributed by atoms with Gasteiger partial charge >= 0.3 is 0 Å². The minimum Gasteiger partial charge on any atom is -0.440 e. The highest BCUT2D eigenvalue weighted by Gasteiger charge is 2.27. The number of piperidine rings is 1. The lowest BCUT2D eigenvalue weighted by Crippen LogP contribution is -2.42. The number of carbonyl (C=O) groups is 1. The Kier molecular flexibility index (Phi) is 5.50. The van der Waals surface area contributed by atoms with Crippen LogP contribution in [0.15, 0.2) is 16.5 Å². The third kappa shape index (κ3) is 3.90. The molecule has 0 unspecified atom stereocenters. The fraction of sp³-hybridized carbons (Fsp3) is 0.583. The van der Waals surface area contributed by atoms with Crippen LogP contribution in [0.3, 0.4) is 0 Å². The van der Waals surface area contributed by atoms with E-state index in [-0.39, 0.29) is 34.7 Å². The number of nitrogens with one attached hydrogen (secondary N) is 2. The van der Waals surface area contributed by atoms with Crippen LogP contribution in [0.5, 0.6) is 0 Å². The topological polar surface area (TPSA) is 54.3 Å². The molecule has 4 nitrogen and oxygen atoms in total. The highest BCUT2D eigenvalue weighted by atomic mass is 35.5. The van der Waals surface area contributed by atoms with Crippen molar-refractivity contribution in [1.82, 2.24) is 10.6 Å². The first kappa shape index (κ1) is 15.3. The van der Waals surface area contributed by atoms with Crippen molar-refractivity contribution < 1.29 is 9.21 Å². The lowest BCUT2D eigenvalue weighted by molar-refractivity contribution is 0.0894. The van der Waals surface area contributed by atoms with Gasteiger partial charge in [0.1, 0.15) is 0 Å². The summed E-state index contributed by atoms with van der Waals surface area (Å²) in [4.78, 5) is 11.8. The van der Waals surface area contributed by atoms with Crippen molar-refractivity contribution in [2.75, 3.05) is 19.6 Å². The maximum absolute atomic E-state index is 11.8. The summed E-state index contributed by atoms with van der Waals surface area (Å²) in [6, 6.07) is 3.16. The van der Waals surface area contributed by atoms with Gasteiger partial charge in [-0.1, -0.05) is 6.92 Å². The van der Waals surface area contributed by atoms with E-state index in [4.69, 9.17) is 16.0 Å². The third-order valence-corrected chi connectivity index (χ3v) is 3.49. The molecule has 2 rings (SSSR count). The average molecular weight is 293 g/mol. The van der Waals surface area contributed by atoms with E-state index in [0.717, 1.165) is 25.9 Å². The molecule has 1 aromatic heterocycles. The molecule has 6 heteroatoms. The normalized spacial score (nSPS) is 17.9. The minimum absolute atomic E-state index is 0. The van der Waals surface area contributed by atoms with Crippen molar-refractivity contribution in [3.63, 3.8) is 0 Å². The van der Waals surface area contributed by atoms with Gasteiger partial charge in [-0.25, -0.2) is 0 Å². The van der Waals surface area contributed by atoms with Crippen LogP contribution in [0.1, 0.15) is 30.3 Å². The number of hydrogen-bond acceptors (Lipinski definition) is 3. The van der Waals surface area contributed by atoms with Crippen LogP contribution in [0.2, 0.25) is 5.22 Å². The monoisotopic (exact) mass is 292 g/mol. The average Bonchev–Trinajstić information content (AvgIpc) is 2.74. The largest absolute Gasteiger partial charge is 0.440 e. The number of amides is 1. The lowest BCUT2D eigenvalue weighted by Gasteiger charge is -2.33. The van der Waals surface area contributed by atoms with Gasteiger partial charge in [-0.3, -0.25) is 4.79 Å². The molecule has 2 N–H and O–H groups in total. The van der Waals surface area contributed by atoms with E-state index in [0.29, 0.717) is 6.54 Å². The number of carbonyl (C=O) groups excluding carboxylic acids is 1. The summed E-state index contributed by atoms with van der Waals surface area (Å²) in [7, 11) is 0. The second kappa shape index (κ2) is 6.45. The Morgan fingerprint density at radius 2 is 2.17 bits per heavy atom. The Labute approximate surface area is 118 Å². The summed E-state index contributed by atoms with van der Waals surface area (Å²) < 4.78 is 5.06. The van der Waals surface area contributed by atoms with E-state index in [1.165, 1.54) is 0 Å². The molecule has 1 fully saturated rings. The molecule has 1 aromatic rings. The van der Waals surface area contributed by atoms with Crippen molar-refractivity contribution in [3.05, 3.63) is 23.1 Å². The Balaban J connectivity index is 0.00000162. The summed E-state index contributed by atoms with van der Waals surface area (Å²) in [5.74, 6) is 0.0733. The van der Waals surface area contributed by atoms with E-state index in [2.05, 4.69) is 17.6 Å². The molecule has 1 aliphatic heterocycles. The second-order valence-electron chi connectivity index (χ2n) is 4.85. The predicted molar refractivity (Wildman–Crippen MR) is 73.5 cm³/mol. The quantitative estimate of drug-likeness (QED) is 0.900. The fourth-order valence-corrected chi connectivity index (χ4v) is 2.17. The zero-order chi connectivity index (χ0) is 12.3. The van der Waals surface area contributed by atoms with Crippen LogP contribution in [0, 0.1) is 5.41 Å². The summed E-state index contributed by atoms with van der Waals surface area (Å²) in [5.41, 5.74) is 0.178. The van der Waals surface area contributed by atoms with Gasteiger partial charge in [0, 0.05) is 6.54 Å². The van der Waals surface area contributed by atoms with Crippen molar-refractivity contribution >= 4 is 29.9 Å². The van der Waals surface area contributed by atoms with E-state index >= 15 is 0 Å². The Hall–Kier alpha value is -0.710. The van der Waals surface area contributed by atoms with Gasteiger partial charge in [0.05, 0.1) is 0 Å². The molecule has 2 heterocycles. The highest BCUT2D eigenvalue weighted by molar-refractivity contribution is 6.29. The van der Waals surface area contributed by atoms with Gasteiger partial charge in [-0.2, -0.15) is 0 Å². The van der Waals surface area contributed by atoms with Crippen molar-refractivity contribution in [2.45, 2.75) is 19.8 Å². The standard InChI is InChI=1S/C12H17ClN2O2.ClH/c1-12(4-6-14-7-5-12)8-15-11(16)9-2-3-10(13)17-9;/h2-3,14H,4-8H2,1H3,(H,15,16);1H. The molecule has 1 saturated heterocycles. The molecule has 0 aromatic carbocycles. The van der Waals surface area contributed by atoms with E-state index in [1.807, 2.05) is 0 Å². The first-order valence-electron chi connectivity index (χ1n) is 5.83. The van der Waals surface area contributed by atoms with Gasteiger partial charge < -0.3 is 15.1 Å². The van der Waals surface area contributed by atoms with Crippen molar-refractivity contribution in [1.29, 1.82) is 0 Å². The molecule has 18 heavy (non-hydrogen) atoms. The molecule has 1 aliphatic rings. The Morgan fingerprint density at radius 3 is 2.72 bits per heavy atom. The molecule has 0 aliphatic carbocycles. The molecule has 0 atom stereocenters. The predicted octanol–water partition coefficient (Wildman–Crippen LogP) is 2.47. The van der Waals surface area contributed by atoms with Crippen molar-refractivity contribution in [2.24, 2.45) is 5.41 Å². The number of furan rings is 1. The third-order valence-electron chi connectivity index (χ3n) is 3.28. The van der Waals surface area contributed by atoms with Gasteiger partial charge in [-0.15, -0.1) is 12.4 Å². The number of rotatable bonds is 3. The van der Waals surface area contributed by atoms with Crippen LogP contribution in [0.4, 0.5) is 0 Å². The molecule has 102 valence electrons. The Bertz CT molecular complexity index is 401. The summed E-state index contributed by atoms with van der Waals surface area (Å²) in [6.07, 6.45) is 2.15. The molecule has 0 saturated carbocycles. The maximum atomic E-state index is 11.8. The second-order valence-corrected chi connectivity index (χ2v) is 5.22. The zero-order valence-corrected chi connectivity index (χ0v) is 11.9. The van der Waals surface area contributed by atoms with E-state index in [9.17, 15) is 4.79 Å². The van der Waals surface area contributed by atoms with E-state index in [1.54, 1.807) is 12.1 Å². The summed E-state index contributed by atoms with van der Waals surface area (Å²) >= 11 is 5.63. The van der Waals surface area contributed by atoms with Crippen LogP contribution in [0.25, 0.3) is 0 Å². The number of hydrogen-bond donors (Lipinski definition) is 2. The van der Waals surface area contributed by atoms with Gasteiger partial charge in [0.15, 0.2) is 11.0 Å². The van der Waals surface area contributed by atoms with Crippen LogP contribution in [-0.2, 0) is 0 Å². The molecule has 0 bridgehead atoms. The molecule has 0 radical (unpaired) electrons. The van der Waals surface area contributed by atoms with Gasteiger partial charge in [0.2, 0.25) is 0 Å². The van der Waals surface area contributed by atoms with Crippen LogP contribution in [-0.4, -0.2) is 25.5 Å². The molecule has 0 spiro atoms. The first-order chi connectivity index (χ1) is 8.09. The van der Waals surface area contributed by atoms with Crippen LogP contribution < -0.4 is 10.6 Å². The fourth-order valence-electron chi connectivity index (χ4n) is 2.02. The van der Waals surface area contributed by atoms with Gasteiger partial charge in [-0.05, 0) is 55.1 Å². The minimum atomic E-state index is -0.198. The van der Waals surface area contributed by atoms with E-state index < -0.39 is 0 Å². The highest BCUT2D eigenvalue weighted by Crippen LogP contribution is 2.26. The number of halogens is 2. The maximum Gasteiger partial charge on any atom is 0.287 e. The smallest absolute Gasteiger partial charge is 0.287 e. The van der Waals surface area contributed by atoms with Crippen molar-refractivity contribution in [3.8, 4) is 0 Å².